The van der Waals surface area contributed by atoms with Crippen molar-refractivity contribution in [1.29, 1.82) is 5.26 Å². The molecule has 2 aromatic heterocycles. The summed E-state index contributed by atoms with van der Waals surface area (Å²) < 4.78 is 7.40. The monoisotopic (exact) mass is 401 g/mol. The summed E-state index contributed by atoms with van der Waals surface area (Å²) in [5, 5.41) is 24.4. The molecule has 5 rings (SSSR count). The Hall–Kier alpha value is -3.05. The maximum Gasteiger partial charge on any atom is 0.153 e. The highest BCUT2D eigenvalue weighted by atomic mass is 16.5. The first-order valence-corrected chi connectivity index (χ1v) is 10.2. The second-order valence-electron chi connectivity index (χ2n) is 7.96. The van der Waals surface area contributed by atoms with Crippen LogP contribution in [0.25, 0.3) is 5.82 Å². The minimum atomic E-state index is -0.535. The van der Waals surface area contributed by atoms with E-state index in [1.165, 1.54) is 11.1 Å². The molecular weight excluding hydrogens is 378 g/mol. The zero-order valence-corrected chi connectivity index (χ0v) is 16.9. The number of β-amino-alcohol motifs (C(OH)–C–C–N with tert-alkyl or cyclic N) is 1. The Morgan fingerprint density at radius 1 is 1.20 bits per heavy atom. The molecule has 7 heteroatoms. The van der Waals surface area contributed by atoms with Crippen molar-refractivity contribution < 1.29 is 9.84 Å². The molecule has 152 valence electrons. The van der Waals surface area contributed by atoms with Crippen molar-refractivity contribution in [2.75, 3.05) is 13.1 Å². The van der Waals surface area contributed by atoms with E-state index in [-0.39, 0.29) is 0 Å². The number of aliphatic hydroxyl groups is 1. The largest absolute Gasteiger partial charge is 0.387 e. The Morgan fingerprint density at radius 3 is 2.90 bits per heavy atom. The molecular formula is C23H23N5O2. The van der Waals surface area contributed by atoms with Crippen LogP contribution in [-0.4, -0.2) is 37.9 Å². The summed E-state index contributed by atoms with van der Waals surface area (Å²) >= 11 is 0. The molecule has 1 N–H and O–H groups in total. The van der Waals surface area contributed by atoms with E-state index in [0.29, 0.717) is 25.3 Å². The predicted octanol–water partition coefficient (Wildman–Crippen LogP) is 2.57. The first kappa shape index (κ1) is 18.9. The van der Waals surface area contributed by atoms with E-state index < -0.39 is 6.10 Å². The van der Waals surface area contributed by atoms with Crippen molar-refractivity contribution >= 4 is 0 Å². The molecule has 0 amide bonds. The molecule has 2 aliphatic heterocycles. The van der Waals surface area contributed by atoms with Crippen LogP contribution in [0.4, 0.5) is 0 Å². The van der Waals surface area contributed by atoms with E-state index in [9.17, 15) is 5.11 Å². The third-order valence-corrected chi connectivity index (χ3v) is 6.14. The number of hydrogen-bond donors (Lipinski definition) is 1. The molecule has 3 aromatic rings. The van der Waals surface area contributed by atoms with E-state index in [1.54, 1.807) is 12.3 Å². The number of nitriles is 1. The van der Waals surface area contributed by atoms with Gasteiger partial charge in [-0.25, -0.2) is 9.67 Å². The van der Waals surface area contributed by atoms with Crippen molar-refractivity contribution in [1.82, 2.24) is 19.7 Å². The second kappa shape index (κ2) is 7.65. The number of aromatic nitrogens is 3. The average molecular weight is 401 g/mol. The van der Waals surface area contributed by atoms with Gasteiger partial charge in [-0.2, -0.15) is 10.4 Å². The van der Waals surface area contributed by atoms with Crippen LogP contribution >= 0.6 is 0 Å². The topological polar surface area (TPSA) is 87.2 Å². The molecule has 30 heavy (non-hydrogen) atoms. The summed E-state index contributed by atoms with van der Waals surface area (Å²) in [7, 11) is 0. The number of aliphatic hydroxyl groups excluding tert-OH is 1. The van der Waals surface area contributed by atoms with Gasteiger partial charge in [0.05, 0.1) is 36.8 Å². The van der Waals surface area contributed by atoms with Gasteiger partial charge in [-0.3, -0.25) is 4.90 Å². The number of fused-ring (bicyclic) bond motifs is 2. The summed E-state index contributed by atoms with van der Waals surface area (Å²) in [5.41, 5.74) is 7.42. The van der Waals surface area contributed by atoms with Crippen molar-refractivity contribution in [3.8, 4) is 11.9 Å². The highest BCUT2D eigenvalue weighted by molar-refractivity contribution is 5.42. The normalized spacial score (nSPS) is 16.7. The second-order valence-corrected chi connectivity index (χ2v) is 7.96. The first-order valence-electron chi connectivity index (χ1n) is 10.2. The van der Waals surface area contributed by atoms with Gasteiger partial charge in [-0.05, 0) is 41.3 Å². The summed E-state index contributed by atoms with van der Waals surface area (Å²) in [5.74, 6) is 0.722. The van der Waals surface area contributed by atoms with E-state index in [1.807, 2.05) is 23.0 Å². The lowest BCUT2D eigenvalue weighted by Gasteiger charge is -2.29. The molecule has 0 spiro atoms. The number of nitrogens with zero attached hydrogens (tertiary/aromatic N) is 5. The SMILES string of the molecule is Cc1c([C@@H](O)CN2CCc3c(cnn3-c3ccc(C#N)cn3)C2)ccc2c1COC2. The van der Waals surface area contributed by atoms with E-state index in [0.717, 1.165) is 47.7 Å². The summed E-state index contributed by atoms with van der Waals surface area (Å²) in [6.07, 6.45) is 3.75. The Balaban J connectivity index is 1.31. The zero-order chi connectivity index (χ0) is 20.7. The van der Waals surface area contributed by atoms with Crippen LogP contribution in [0.15, 0.2) is 36.7 Å². The fraction of sp³-hybridized carbons (Fsp3) is 0.348. The Labute approximate surface area is 175 Å². The lowest BCUT2D eigenvalue weighted by Crippen LogP contribution is -2.34. The summed E-state index contributed by atoms with van der Waals surface area (Å²) in [6, 6.07) is 9.78. The van der Waals surface area contributed by atoms with Crippen LogP contribution in [0.1, 0.15) is 45.2 Å². The Morgan fingerprint density at radius 2 is 2.10 bits per heavy atom. The molecule has 7 nitrogen and oxygen atoms in total. The van der Waals surface area contributed by atoms with Gasteiger partial charge in [0, 0.05) is 37.8 Å². The van der Waals surface area contributed by atoms with Crippen LogP contribution < -0.4 is 0 Å². The van der Waals surface area contributed by atoms with Crippen LogP contribution in [0.5, 0.6) is 0 Å². The summed E-state index contributed by atoms with van der Waals surface area (Å²) in [4.78, 5) is 6.63. The molecule has 1 aromatic carbocycles. The van der Waals surface area contributed by atoms with Gasteiger partial charge in [0.1, 0.15) is 6.07 Å². The highest BCUT2D eigenvalue weighted by Gasteiger charge is 2.25. The third kappa shape index (κ3) is 3.29. The van der Waals surface area contributed by atoms with Crippen molar-refractivity contribution in [3.63, 3.8) is 0 Å². The molecule has 0 saturated heterocycles. The van der Waals surface area contributed by atoms with Gasteiger partial charge in [-0.1, -0.05) is 12.1 Å². The molecule has 0 saturated carbocycles. The van der Waals surface area contributed by atoms with E-state index >= 15 is 0 Å². The minimum Gasteiger partial charge on any atom is -0.387 e. The van der Waals surface area contributed by atoms with Gasteiger partial charge in [-0.15, -0.1) is 0 Å². The maximum atomic E-state index is 10.9. The van der Waals surface area contributed by atoms with Crippen molar-refractivity contribution in [2.45, 2.75) is 39.2 Å². The number of rotatable bonds is 4. The van der Waals surface area contributed by atoms with Crippen LogP contribution in [-0.2, 0) is 30.9 Å². The van der Waals surface area contributed by atoms with Gasteiger partial charge in [0.25, 0.3) is 0 Å². The van der Waals surface area contributed by atoms with E-state index in [4.69, 9.17) is 10.00 Å². The molecule has 2 aliphatic rings. The first-order chi connectivity index (χ1) is 14.6. The average Bonchev–Trinajstić information content (AvgIpc) is 3.41. The minimum absolute atomic E-state index is 0.535. The predicted molar refractivity (Wildman–Crippen MR) is 110 cm³/mol. The van der Waals surface area contributed by atoms with Crippen LogP contribution in [0.2, 0.25) is 0 Å². The van der Waals surface area contributed by atoms with Crippen molar-refractivity contribution in [2.24, 2.45) is 0 Å². The smallest absolute Gasteiger partial charge is 0.153 e. The molecule has 0 bridgehead atoms. The number of pyridine rings is 1. The molecule has 0 unspecified atom stereocenters. The standard InChI is InChI=1S/C23H23N5O2/c1-15-19(4-3-17-13-30-14-20(15)17)22(29)12-27-7-6-21-18(11-27)10-26-28(21)23-5-2-16(8-24)9-25-23/h2-5,9-10,22,29H,6-7,11-14H2,1H3/t22-/m0/s1. The Kier molecular flexibility index (Phi) is 4.83. The van der Waals surface area contributed by atoms with Gasteiger partial charge >= 0.3 is 0 Å². The molecule has 0 aliphatic carbocycles. The van der Waals surface area contributed by atoms with Gasteiger partial charge < -0.3 is 9.84 Å². The number of benzene rings is 1. The third-order valence-electron chi connectivity index (χ3n) is 6.14. The quantitative estimate of drug-likeness (QED) is 0.723. The number of hydrogen-bond acceptors (Lipinski definition) is 6. The fourth-order valence-electron chi connectivity index (χ4n) is 4.46. The number of ether oxygens (including phenoxy) is 1. The molecule has 0 fully saturated rings. The van der Waals surface area contributed by atoms with Gasteiger partial charge in [0.15, 0.2) is 5.82 Å². The zero-order valence-electron chi connectivity index (χ0n) is 16.9. The lowest BCUT2D eigenvalue weighted by molar-refractivity contribution is 0.105. The van der Waals surface area contributed by atoms with E-state index in [2.05, 4.69) is 34.0 Å². The maximum absolute atomic E-state index is 10.9. The van der Waals surface area contributed by atoms with Crippen LogP contribution in [0.3, 0.4) is 0 Å². The molecule has 1 atom stereocenters. The highest BCUT2D eigenvalue weighted by Crippen LogP contribution is 2.30. The summed E-state index contributed by atoms with van der Waals surface area (Å²) in [6.45, 7) is 5.56. The van der Waals surface area contributed by atoms with Gasteiger partial charge in [0.2, 0.25) is 0 Å². The lowest BCUT2D eigenvalue weighted by atomic mass is 9.95. The molecule has 0 radical (unpaired) electrons. The molecule has 4 heterocycles. The Bertz CT molecular complexity index is 1130. The fourth-order valence-corrected chi connectivity index (χ4v) is 4.46. The van der Waals surface area contributed by atoms with Crippen molar-refractivity contribution in [3.05, 3.63) is 75.7 Å². The van der Waals surface area contributed by atoms with Crippen LogP contribution in [0, 0.1) is 18.3 Å².